The van der Waals surface area contributed by atoms with Crippen molar-refractivity contribution >= 4 is 15.9 Å². The van der Waals surface area contributed by atoms with E-state index in [0.29, 0.717) is 0 Å². The van der Waals surface area contributed by atoms with Crippen LogP contribution in [0.25, 0.3) is 0 Å². The largest absolute Gasteiger partial charge is 0.488 e. The van der Waals surface area contributed by atoms with Gasteiger partial charge in [-0.05, 0) is 30.7 Å². The molecule has 3 atom stereocenters. The van der Waals surface area contributed by atoms with E-state index in [4.69, 9.17) is 4.74 Å². The Labute approximate surface area is 118 Å². The Balaban J connectivity index is 1.73. The molecule has 1 aliphatic rings. The lowest BCUT2D eigenvalue weighted by molar-refractivity contribution is -0.912. The zero-order valence-corrected chi connectivity index (χ0v) is 12.9. The van der Waals surface area contributed by atoms with Crippen LogP contribution in [-0.2, 0) is 0 Å². The third kappa shape index (κ3) is 4.29. The third-order valence-electron chi connectivity index (χ3n) is 3.62. The van der Waals surface area contributed by atoms with Crippen molar-refractivity contribution in [2.24, 2.45) is 11.8 Å². The molecule has 1 aliphatic heterocycles. The SMILES string of the molecule is C[C@@H]1C[C@H](C)C[NH+](CCOc2ccc(Br)cc2)C1. The van der Waals surface area contributed by atoms with E-state index in [9.17, 15) is 0 Å². The predicted molar refractivity (Wildman–Crippen MR) is 78.1 cm³/mol. The molecule has 2 nitrogen and oxygen atoms in total. The Morgan fingerprint density at radius 2 is 1.78 bits per heavy atom. The zero-order valence-electron chi connectivity index (χ0n) is 11.3. The van der Waals surface area contributed by atoms with Crippen LogP contribution in [0, 0.1) is 11.8 Å². The number of hydrogen-bond acceptors (Lipinski definition) is 1. The van der Waals surface area contributed by atoms with Crippen LogP contribution in [0.4, 0.5) is 0 Å². The molecule has 0 aliphatic carbocycles. The second-order valence-corrected chi connectivity index (χ2v) is 6.57. The molecule has 1 aromatic carbocycles. The van der Waals surface area contributed by atoms with Crippen LogP contribution in [0.5, 0.6) is 5.75 Å². The lowest BCUT2D eigenvalue weighted by Crippen LogP contribution is -3.14. The molecule has 1 heterocycles. The smallest absolute Gasteiger partial charge is 0.137 e. The van der Waals surface area contributed by atoms with E-state index >= 15 is 0 Å². The summed E-state index contributed by atoms with van der Waals surface area (Å²) >= 11 is 3.43. The van der Waals surface area contributed by atoms with Crippen molar-refractivity contribution in [3.8, 4) is 5.75 Å². The molecule has 1 aromatic rings. The van der Waals surface area contributed by atoms with Crippen LogP contribution in [0.2, 0.25) is 0 Å². The first-order chi connectivity index (χ1) is 8.63. The van der Waals surface area contributed by atoms with E-state index in [1.165, 1.54) is 19.5 Å². The van der Waals surface area contributed by atoms with E-state index in [1.54, 1.807) is 4.90 Å². The molecule has 1 N–H and O–H groups in total. The number of hydrogen-bond donors (Lipinski definition) is 1. The minimum atomic E-state index is 0.816. The Bertz CT molecular complexity index is 355. The molecular formula is C15H23BrNO+. The molecule has 0 bridgehead atoms. The molecule has 0 radical (unpaired) electrons. The molecule has 1 saturated heterocycles. The zero-order chi connectivity index (χ0) is 13.0. The van der Waals surface area contributed by atoms with E-state index in [1.807, 2.05) is 24.3 Å². The van der Waals surface area contributed by atoms with Gasteiger partial charge < -0.3 is 9.64 Å². The maximum absolute atomic E-state index is 5.79. The number of piperidine rings is 1. The standard InChI is InChI=1S/C15H22BrNO/c1-12-9-13(2)11-17(10-12)7-8-18-15-5-3-14(16)4-6-15/h3-6,12-13H,7-11H2,1-2H3/p+1/t12-,13+. The quantitative estimate of drug-likeness (QED) is 0.901. The number of nitrogens with one attached hydrogen (secondary N) is 1. The number of ether oxygens (including phenoxy) is 1. The van der Waals surface area contributed by atoms with Gasteiger partial charge >= 0.3 is 0 Å². The molecule has 1 fully saturated rings. The van der Waals surface area contributed by atoms with Gasteiger partial charge in [-0.2, -0.15) is 0 Å². The van der Waals surface area contributed by atoms with Gasteiger partial charge in [-0.1, -0.05) is 29.8 Å². The number of likely N-dealkylation sites (tertiary alicyclic amines) is 1. The fourth-order valence-electron chi connectivity index (χ4n) is 2.97. The number of halogens is 1. The Morgan fingerprint density at radius 1 is 1.17 bits per heavy atom. The average molecular weight is 313 g/mol. The van der Waals surface area contributed by atoms with Gasteiger partial charge in [0.05, 0.1) is 13.1 Å². The van der Waals surface area contributed by atoms with E-state index in [-0.39, 0.29) is 0 Å². The first-order valence-corrected chi connectivity index (χ1v) is 7.64. The minimum Gasteiger partial charge on any atom is -0.488 e. The topological polar surface area (TPSA) is 13.7 Å². The summed E-state index contributed by atoms with van der Waals surface area (Å²) in [6.45, 7) is 9.26. The monoisotopic (exact) mass is 312 g/mol. The van der Waals surface area contributed by atoms with Crippen molar-refractivity contribution in [2.75, 3.05) is 26.2 Å². The number of quaternary nitrogens is 1. The van der Waals surface area contributed by atoms with Crippen LogP contribution < -0.4 is 9.64 Å². The highest BCUT2D eigenvalue weighted by Crippen LogP contribution is 2.16. The molecule has 0 aromatic heterocycles. The van der Waals surface area contributed by atoms with Crippen LogP contribution in [0.15, 0.2) is 28.7 Å². The first kappa shape index (κ1) is 13.9. The molecule has 1 unspecified atom stereocenters. The fraction of sp³-hybridized carbons (Fsp3) is 0.600. The fourth-order valence-corrected chi connectivity index (χ4v) is 3.23. The highest BCUT2D eigenvalue weighted by molar-refractivity contribution is 9.10. The predicted octanol–water partition coefficient (Wildman–Crippen LogP) is 2.39. The molecule has 0 amide bonds. The molecule has 100 valence electrons. The summed E-state index contributed by atoms with van der Waals surface area (Å²) in [6, 6.07) is 8.07. The third-order valence-corrected chi connectivity index (χ3v) is 4.15. The summed E-state index contributed by atoms with van der Waals surface area (Å²) in [5.41, 5.74) is 0. The Hall–Kier alpha value is -0.540. The van der Waals surface area contributed by atoms with Crippen LogP contribution in [0.3, 0.4) is 0 Å². The summed E-state index contributed by atoms with van der Waals surface area (Å²) < 4.78 is 6.89. The summed E-state index contributed by atoms with van der Waals surface area (Å²) in [6.07, 6.45) is 1.39. The van der Waals surface area contributed by atoms with Crippen LogP contribution in [-0.4, -0.2) is 26.2 Å². The van der Waals surface area contributed by atoms with E-state index in [0.717, 1.165) is 35.2 Å². The van der Waals surface area contributed by atoms with Gasteiger partial charge in [0.2, 0.25) is 0 Å². The molecule has 0 spiro atoms. The van der Waals surface area contributed by atoms with Crippen molar-refractivity contribution in [1.82, 2.24) is 0 Å². The first-order valence-electron chi connectivity index (χ1n) is 6.85. The van der Waals surface area contributed by atoms with Gasteiger partial charge in [0.15, 0.2) is 0 Å². The second-order valence-electron chi connectivity index (χ2n) is 5.66. The van der Waals surface area contributed by atoms with Crippen molar-refractivity contribution in [3.05, 3.63) is 28.7 Å². The van der Waals surface area contributed by atoms with Gasteiger partial charge in [0.1, 0.15) is 18.9 Å². The normalized spacial score (nSPS) is 28.1. The highest BCUT2D eigenvalue weighted by atomic mass is 79.9. The van der Waals surface area contributed by atoms with Gasteiger partial charge in [0.25, 0.3) is 0 Å². The second kappa shape index (κ2) is 6.58. The lowest BCUT2D eigenvalue weighted by atomic mass is 9.92. The van der Waals surface area contributed by atoms with Crippen molar-refractivity contribution < 1.29 is 9.64 Å². The van der Waals surface area contributed by atoms with Gasteiger partial charge in [-0.3, -0.25) is 0 Å². The molecule has 0 saturated carbocycles. The van der Waals surface area contributed by atoms with Crippen molar-refractivity contribution in [3.63, 3.8) is 0 Å². The van der Waals surface area contributed by atoms with Crippen molar-refractivity contribution in [1.29, 1.82) is 0 Å². The number of benzene rings is 1. The van der Waals surface area contributed by atoms with Gasteiger partial charge in [0, 0.05) is 16.3 Å². The molecule has 3 heteroatoms. The van der Waals surface area contributed by atoms with E-state index in [2.05, 4.69) is 29.8 Å². The maximum Gasteiger partial charge on any atom is 0.137 e. The minimum absolute atomic E-state index is 0.816. The molecule has 2 rings (SSSR count). The summed E-state index contributed by atoms with van der Waals surface area (Å²) in [5, 5.41) is 0. The highest BCUT2D eigenvalue weighted by Gasteiger charge is 2.24. The van der Waals surface area contributed by atoms with Crippen LogP contribution in [0.1, 0.15) is 20.3 Å². The Kier molecular flexibility index (Phi) is 5.07. The molecular weight excluding hydrogens is 290 g/mol. The molecule has 18 heavy (non-hydrogen) atoms. The lowest BCUT2D eigenvalue weighted by Gasteiger charge is -2.31. The van der Waals surface area contributed by atoms with Crippen molar-refractivity contribution in [2.45, 2.75) is 20.3 Å². The summed E-state index contributed by atoms with van der Waals surface area (Å²) in [5.74, 6) is 2.68. The van der Waals surface area contributed by atoms with Crippen LogP contribution >= 0.6 is 15.9 Å². The Morgan fingerprint density at radius 3 is 2.39 bits per heavy atom. The number of rotatable bonds is 4. The van der Waals surface area contributed by atoms with Gasteiger partial charge in [-0.25, -0.2) is 0 Å². The summed E-state index contributed by atoms with van der Waals surface area (Å²) in [4.78, 5) is 1.69. The summed E-state index contributed by atoms with van der Waals surface area (Å²) in [7, 11) is 0. The average Bonchev–Trinajstić information content (AvgIpc) is 2.30. The van der Waals surface area contributed by atoms with E-state index < -0.39 is 0 Å². The maximum atomic E-state index is 5.79. The van der Waals surface area contributed by atoms with Gasteiger partial charge in [-0.15, -0.1) is 0 Å².